The van der Waals surface area contributed by atoms with Crippen LogP contribution in [0.4, 0.5) is 0 Å². The number of epoxide rings is 2. The first-order valence-electron chi connectivity index (χ1n) is 9.96. The molecule has 146 valence electrons. The number of aliphatic hydroxyl groups excluding tert-OH is 1. The maximum Gasteiger partial charge on any atom is 0.336 e. The van der Waals surface area contributed by atoms with Gasteiger partial charge >= 0.3 is 5.97 Å². The van der Waals surface area contributed by atoms with Gasteiger partial charge in [-0.2, -0.15) is 0 Å². The molecule has 0 unspecified atom stereocenters. The van der Waals surface area contributed by atoms with Crippen molar-refractivity contribution in [2.24, 2.45) is 22.7 Å². The van der Waals surface area contributed by atoms with Crippen LogP contribution in [-0.4, -0.2) is 49.2 Å². The molecule has 0 amide bonds. The smallest absolute Gasteiger partial charge is 0.336 e. The highest BCUT2D eigenvalue weighted by Crippen LogP contribution is 2.66. The van der Waals surface area contributed by atoms with E-state index in [0.717, 1.165) is 38.7 Å². The molecule has 2 heterocycles. The Balaban J connectivity index is 1.63. The van der Waals surface area contributed by atoms with E-state index in [0.29, 0.717) is 24.0 Å². The minimum absolute atomic E-state index is 0.0360. The van der Waals surface area contributed by atoms with Crippen molar-refractivity contribution in [3.63, 3.8) is 0 Å². The van der Waals surface area contributed by atoms with Crippen LogP contribution in [0.15, 0.2) is 11.6 Å². The zero-order valence-corrected chi connectivity index (χ0v) is 16.4. The van der Waals surface area contributed by atoms with E-state index < -0.39 is 0 Å². The number of aliphatic hydroxyl groups is 1. The zero-order valence-electron chi connectivity index (χ0n) is 16.4. The maximum atomic E-state index is 12.1. The molecule has 6 atom stereocenters. The first kappa shape index (κ1) is 18.5. The molecule has 0 bridgehead atoms. The summed E-state index contributed by atoms with van der Waals surface area (Å²) in [4.78, 5) is 12.1. The highest BCUT2D eigenvalue weighted by Gasteiger charge is 2.66. The summed E-state index contributed by atoms with van der Waals surface area (Å²) in [5.74, 6) is 0.542. The van der Waals surface area contributed by atoms with Crippen LogP contribution < -0.4 is 0 Å². The number of rotatable bonds is 4. The number of carbonyl (C=O) groups is 1. The standard InChI is InChI=1S/C21H32O5/c1-19(2)15-7-10-21(12-26-21)16(20(15,3)9-8-17(19)22)6-5-13(14-11-25-14)18(23)24-4/h5,14-17,22H,6-12H2,1-4H3/b13-5+/t14-,15-,16+,17-,20-,21+/m0/s1. The quantitative estimate of drug-likeness (QED) is 0.472. The van der Waals surface area contributed by atoms with Crippen LogP contribution in [0, 0.1) is 22.7 Å². The van der Waals surface area contributed by atoms with Crippen molar-refractivity contribution < 1.29 is 24.1 Å². The van der Waals surface area contributed by atoms with Crippen LogP contribution in [0.3, 0.4) is 0 Å². The molecule has 0 radical (unpaired) electrons. The van der Waals surface area contributed by atoms with E-state index in [1.165, 1.54) is 7.11 Å². The van der Waals surface area contributed by atoms with E-state index in [1.54, 1.807) is 0 Å². The molecule has 1 N–H and O–H groups in total. The summed E-state index contributed by atoms with van der Waals surface area (Å²) in [6.45, 7) is 8.25. The van der Waals surface area contributed by atoms with Gasteiger partial charge in [0.25, 0.3) is 0 Å². The van der Waals surface area contributed by atoms with Crippen molar-refractivity contribution >= 4 is 5.97 Å². The number of ether oxygens (including phenoxy) is 3. The summed E-state index contributed by atoms with van der Waals surface area (Å²) in [6, 6.07) is 0. The van der Waals surface area contributed by atoms with Crippen LogP contribution in [0.25, 0.3) is 0 Å². The van der Waals surface area contributed by atoms with Gasteiger partial charge in [0.05, 0.1) is 37.6 Å². The van der Waals surface area contributed by atoms with Gasteiger partial charge in [-0.15, -0.1) is 0 Å². The topological polar surface area (TPSA) is 71.6 Å². The first-order chi connectivity index (χ1) is 12.2. The molecule has 0 aromatic rings. The fraction of sp³-hybridized carbons (Fsp3) is 0.857. The summed E-state index contributed by atoms with van der Waals surface area (Å²) in [7, 11) is 1.42. The molecule has 4 aliphatic rings. The molecule has 4 fully saturated rings. The SMILES string of the molecule is COC(=O)/C(=C/C[C@H]1[C@@]2(CC[C@H]3C(C)(C)[C@@H](O)CC[C@@]31C)CO2)[C@@H]1CO1. The van der Waals surface area contributed by atoms with Crippen LogP contribution in [0.1, 0.15) is 52.9 Å². The molecular formula is C21H32O5. The van der Waals surface area contributed by atoms with Crippen molar-refractivity contribution in [1.82, 2.24) is 0 Å². The fourth-order valence-corrected chi connectivity index (χ4v) is 6.22. The lowest BCUT2D eigenvalue weighted by Crippen LogP contribution is -2.58. The van der Waals surface area contributed by atoms with Crippen molar-refractivity contribution in [2.45, 2.75) is 70.7 Å². The second-order valence-electron chi connectivity index (χ2n) is 9.59. The van der Waals surface area contributed by atoms with Crippen molar-refractivity contribution in [3.8, 4) is 0 Å². The summed E-state index contributed by atoms with van der Waals surface area (Å²) < 4.78 is 16.3. The van der Waals surface area contributed by atoms with Gasteiger partial charge in [-0.3, -0.25) is 0 Å². The highest BCUT2D eigenvalue weighted by molar-refractivity contribution is 5.90. The Kier molecular flexibility index (Phi) is 4.29. The Morgan fingerprint density at radius 3 is 2.54 bits per heavy atom. The predicted molar refractivity (Wildman–Crippen MR) is 96.5 cm³/mol. The van der Waals surface area contributed by atoms with Gasteiger partial charge in [0.2, 0.25) is 0 Å². The summed E-state index contributed by atoms with van der Waals surface area (Å²) in [5, 5.41) is 10.6. The van der Waals surface area contributed by atoms with Gasteiger partial charge in [-0.25, -0.2) is 4.79 Å². The number of hydrogen-bond acceptors (Lipinski definition) is 5. The number of esters is 1. The van der Waals surface area contributed by atoms with E-state index >= 15 is 0 Å². The molecule has 0 aromatic heterocycles. The lowest BCUT2D eigenvalue weighted by molar-refractivity contribution is -0.153. The highest BCUT2D eigenvalue weighted by atomic mass is 16.6. The summed E-state index contributed by atoms with van der Waals surface area (Å²) in [6.07, 6.45) is 6.52. The molecule has 2 saturated heterocycles. The molecular weight excluding hydrogens is 332 g/mol. The number of hydrogen-bond donors (Lipinski definition) is 1. The molecule has 2 aliphatic carbocycles. The van der Waals surface area contributed by atoms with Crippen molar-refractivity contribution in [1.29, 1.82) is 0 Å². The Morgan fingerprint density at radius 2 is 1.96 bits per heavy atom. The van der Waals surface area contributed by atoms with E-state index in [4.69, 9.17) is 14.2 Å². The van der Waals surface area contributed by atoms with E-state index in [-0.39, 0.29) is 34.6 Å². The maximum absolute atomic E-state index is 12.1. The molecule has 1 spiro atoms. The van der Waals surface area contributed by atoms with E-state index in [2.05, 4.69) is 20.8 Å². The third-order valence-corrected chi connectivity index (χ3v) is 7.99. The van der Waals surface area contributed by atoms with Gasteiger partial charge in [0, 0.05) is 0 Å². The predicted octanol–water partition coefficient (Wildman–Crippen LogP) is 2.86. The lowest BCUT2D eigenvalue weighted by atomic mass is 9.45. The third-order valence-electron chi connectivity index (χ3n) is 7.99. The summed E-state index contributed by atoms with van der Waals surface area (Å²) >= 11 is 0. The van der Waals surface area contributed by atoms with Crippen LogP contribution in [0.5, 0.6) is 0 Å². The molecule has 5 nitrogen and oxygen atoms in total. The van der Waals surface area contributed by atoms with Crippen molar-refractivity contribution in [3.05, 3.63) is 11.6 Å². The molecule has 0 aromatic carbocycles. The third kappa shape index (κ3) is 2.74. The Bertz CT molecular complexity index is 616. The molecule has 26 heavy (non-hydrogen) atoms. The van der Waals surface area contributed by atoms with E-state index in [9.17, 15) is 9.90 Å². The van der Waals surface area contributed by atoms with Gasteiger partial charge in [0.1, 0.15) is 6.10 Å². The van der Waals surface area contributed by atoms with Crippen LogP contribution >= 0.6 is 0 Å². The van der Waals surface area contributed by atoms with Gasteiger partial charge in [-0.1, -0.05) is 26.8 Å². The monoisotopic (exact) mass is 364 g/mol. The van der Waals surface area contributed by atoms with Gasteiger partial charge < -0.3 is 19.3 Å². The average molecular weight is 364 g/mol. The minimum Gasteiger partial charge on any atom is -0.466 e. The normalized spacial score (nSPS) is 46.6. The lowest BCUT2D eigenvalue weighted by Gasteiger charge is -2.60. The van der Waals surface area contributed by atoms with Gasteiger partial charge in [0.15, 0.2) is 0 Å². The minimum atomic E-state index is -0.282. The molecule has 4 rings (SSSR count). The Labute approximate surface area is 156 Å². The fourth-order valence-electron chi connectivity index (χ4n) is 6.22. The Morgan fingerprint density at radius 1 is 1.27 bits per heavy atom. The number of methoxy groups -OCH3 is 1. The van der Waals surface area contributed by atoms with Crippen LogP contribution in [0.2, 0.25) is 0 Å². The zero-order chi connectivity index (χ0) is 18.7. The molecule has 2 saturated carbocycles. The average Bonchev–Trinajstić information content (AvgIpc) is 3.50. The Hall–Kier alpha value is -0.910. The number of allylic oxidation sites excluding steroid dienone is 1. The van der Waals surface area contributed by atoms with Gasteiger partial charge in [-0.05, 0) is 54.8 Å². The molecule has 5 heteroatoms. The largest absolute Gasteiger partial charge is 0.466 e. The number of carbonyl (C=O) groups excluding carboxylic acids is 1. The first-order valence-corrected chi connectivity index (χ1v) is 9.96. The second kappa shape index (κ2) is 6.05. The van der Waals surface area contributed by atoms with Crippen LogP contribution in [-0.2, 0) is 19.0 Å². The summed E-state index contributed by atoms with van der Waals surface area (Å²) in [5.41, 5.74) is 0.644. The van der Waals surface area contributed by atoms with Crippen molar-refractivity contribution in [2.75, 3.05) is 20.3 Å². The molecule has 2 aliphatic heterocycles. The number of fused-ring (bicyclic) bond motifs is 1. The van der Waals surface area contributed by atoms with E-state index in [1.807, 2.05) is 6.08 Å². The second-order valence-corrected chi connectivity index (χ2v) is 9.59.